The number of carbonyl (C=O) groups is 1. The van der Waals surface area contributed by atoms with Gasteiger partial charge < -0.3 is 14.9 Å². The second kappa shape index (κ2) is 7.24. The first-order chi connectivity index (χ1) is 8.88. The van der Waals surface area contributed by atoms with Gasteiger partial charge >= 0.3 is 13.6 Å². The summed E-state index contributed by atoms with van der Waals surface area (Å²) in [5.41, 5.74) is 1.05. The molecule has 6 heteroatoms. The fourth-order valence-electron chi connectivity index (χ4n) is 1.62. The summed E-state index contributed by atoms with van der Waals surface area (Å²) in [4.78, 5) is 28.5. The van der Waals surface area contributed by atoms with E-state index in [1.54, 1.807) is 18.2 Å². The third-order valence-electron chi connectivity index (χ3n) is 2.56. The minimum Gasteiger partial charge on any atom is -0.478 e. The molecule has 0 bridgehead atoms. The molecule has 0 aromatic heterocycles. The standard InChI is InChI=1S/C13H17O5P/c14-13(15)12(8-4-5-9-19(16,17)18)10-11-6-2-1-3-7-11/h1-3,6-7,10H,4-5,8-9H2,(H,14,15)(H2,16,17,18)/b12-10+. The number of unbranched alkanes of at least 4 members (excludes halogenated alkanes) is 1. The zero-order valence-electron chi connectivity index (χ0n) is 10.4. The first-order valence-electron chi connectivity index (χ1n) is 5.92. The molecule has 19 heavy (non-hydrogen) atoms. The topological polar surface area (TPSA) is 94.8 Å². The van der Waals surface area contributed by atoms with E-state index in [1.165, 1.54) is 0 Å². The van der Waals surface area contributed by atoms with Gasteiger partial charge in [-0.3, -0.25) is 4.57 Å². The molecule has 1 aromatic rings. The van der Waals surface area contributed by atoms with Crippen LogP contribution in [-0.4, -0.2) is 27.0 Å². The fourth-order valence-corrected chi connectivity index (χ4v) is 2.26. The van der Waals surface area contributed by atoms with Gasteiger partial charge in [0.1, 0.15) is 0 Å². The van der Waals surface area contributed by atoms with Gasteiger partial charge in [0.2, 0.25) is 0 Å². The highest BCUT2D eigenvalue weighted by Crippen LogP contribution is 2.35. The minimum atomic E-state index is -3.98. The SMILES string of the molecule is O=C(O)/C(=C/c1ccccc1)CCCCP(=O)(O)O. The van der Waals surface area contributed by atoms with Crippen LogP contribution in [-0.2, 0) is 9.36 Å². The molecule has 0 radical (unpaired) electrons. The zero-order valence-corrected chi connectivity index (χ0v) is 11.3. The van der Waals surface area contributed by atoms with Gasteiger partial charge in [-0.15, -0.1) is 0 Å². The summed E-state index contributed by atoms with van der Waals surface area (Å²) in [6, 6.07) is 9.09. The van der Waals surface area contributed by atoms with E-state index in [1.807, 2.05) is 18.2 Å². The maximum absolute atomic E-state index is 11.1. The number of carboxylic acids is 1. The van der Waals surface area contributed by atoms with Gasteiger partial charge in [0, 0.05) is 11.7 Å². The largest absolute Gasteiger partial charge is 0.478 e. The lowest BCUT2D eigenvalue weighted by atomic mass is 10.1. The number of aliphatic carboxylic acids is 1. The first-order valence-corrected chi connectivity index (χ1v) is 7.72. The highest BCUT2D eigenvalue weighted by molar-refractivity contribution is 7.51. The molecule has 0 fully saturated rings. The van der Waals surface area contributed by atoms with Gasteiger partial charge in [-0.1, -0.05) is 30.3 Å². The Morgan fingerprint density at radius 2 is 1.79 bits per heavy atom. The van der Waals surface area contributed by atoms with E-state index in [4.69, 9.17) is 14.9 Å². The third-order valence-corrected chi connectivity index (χ3v) is 3.46. The lowest BCUT2D eigenvalue weighted by Crippen LogP contribution is -2.01. The minimum absolute atomic E-state index is 0.203. The molecule has 0 saturated heterocycles. The quantitative estimate of drug-likeness (QED) is 0.406. The second-order valence-electron chi connectivity index (χ2n) is 4.23. The van der Waals surface area contributed by atoms with E-state index >= 15 is 0 Å². The van der Waals surface area contributed by atoms with Crippen molar-refractivity contribution in [2.45, 2.75) is 19.3 Å². The summed E-state index contributed by atoms with van der Waals surface area (Å²) in [5, 5.41) is 9.07. The summed E-state index contributed by atoms with van der Waals surface area (Å²) < 4.78 is 10.7. The predicted octanol–water partition coefficient (Wildman–Crippen LogP) is 2.50. The molecule has 1 rings (SSSR count). The van der Waals surface area contributed by atoms with Crippen LogP contribution in [0.25, 0.3) is 6.08 Å². The van der Waals surface area contributed by atoms with Crippen molar-refractivity contribution in [2.75, 3.05) is 6.16 Å². The molecule has 0 saturated carbocycles. The second-order valence-corrected chi connectivity index (χ2v) is 6.01. The fraction of sp³-hybridized carbons (Fsp3) is 0.308. The summed E-state index contributed by atoms with van der Waals surface area (Å²) in [5.74, 6) is -1.000. The molecular formula is C13H17O5P. The normalized spacial score (nSPS) is 12.4. The molecule has 0 amide bonds. The Kier molecular flexibility index (Phi) is 5.96. The van der Waals surface area contributed by atoms with Crippen molar-refractivity contribution in [3.63, 3.8) is 0 Å². The Morgan fingerprint density at radius 3 is 2.32 bits per heavy atom. The maximum Gasteiger partial charge on any atom is 0.331 e. The monoisotopic (exact) mass is 284 g/mol. The summed E-state index contributed by atoms with van der Waals surface area (Å²) in [6.45, 7) is 0. The molecule has 0 spiro atoms. The molecular weight excluding hydrogens is 267 g/mol. The van der Waals surface area contributed by atoms with Crippen molar-refractivity contribution in [3.8, 4) is 0 Å². The average Bonchev–Trinajstić information content (AvgIpc) is 2.33. The van der Waals surface area contributed by atoms with Crippen LogP contribution < -0.4 is 0 Å². The molecule has 3 N–H and O–H groups in total. The van der Waals surface area contributed by atoms with Crippen molar-refractivity contribution >= 4 is 19.6 Å². The van der Waals surface area contributed by atoms with Crippen LogP contribution in [0.3, 0.4) is 0 Å². The molecule has 0 unspecified atom stereocenters. The molecule has 1 aromatic carbocycles. The van der Waals surface area contributed by atoms with Crippen LogP contribution >= 0.6 is 7.60 Å². The Bertz CT molecular complexity index is 489. The van der Waals surface area contributed by atoms with Crippen molar-refractivity contribution in [3.05, 3.63) is 41.5 Å². The van der Waals surface area contributed by atoms with Gasteiger partial charge in [0.05, 0.1) is 0 Å². The molecule has 0 aliphatic heterocycles. The maximum atomic E-state index is 11.1. The van der Waals surface area contributed by atoms with Gasteiger partial charge in [0.25, 0.3) is 0 Å². The summed E-state index contributed by atoms with van der Waals surface area (Å²) >= 11 is 0. The summed E-state index contributed by atoms with van der Waals surface area (Å²) in [6.07, 6.45) is 2.43. The Balaban J connectivity index is 2.57. The number of rotatable bonds is 7. The van der Waals surface area contributed by atoms with Crippen molar-refractivity contribution < 1.29 is 24.3 Å². The van der Waals surface area contributed by atoms with Gasteiger partial charge in [-0.25, -0.2) is 4.79 Å². The highest BCUT2D eigenvalue weighted by atomic mass is 31.2. The van der Waals surface area contributed by atoms with Crippen LogP contribution in [0, 0.1) is 0 Å². The van der Waals surface area contributed by atoms with E-state index in [2.05, 4.69) is 0 Å². The predicted molar refractivity (Wildman–Crippen MR) is 72.8 cm³/mol. The smallest absolute Gasteiger partial charge is 0.331 e. The Morgan fingerprint density at radius 1 is 1.16 bits per heavy atom. The summed E-state index contributed by atoms with van der Waals surface area (Å²) in [7, 11) is -3.98. The van der Waals surface area contributed by atoms with E-state index < -0.39 is 13.6 Å². The van der Waals surface area contributed by atoms with Gasteiger partial charge in [0.15, 0.2) is 0 Å². The van der Waals surface area contributed by atoms with Crippen molar-refractivity contribution in [2.24, 2.45) is 0 Å². The van der Waals surface area contributed by atoms with Crippen LogP contribution in [0.2, 0.25) is 0 Å². The van der Waals surface area contributed by atoms with Crippen molar-refractivity contribution in [1.29, 1.82) is 0 Å². The van der Waals surface area contributed by atoms with Crippen LogP contribution in [0.15, 0.2) is 35.9 Å². The lowest BCUT2D eigenvalue weighted by molar-refractivity contribution is -0.132. The van der Waals surface area contributed by atoms with Gasteiger partial charge in [-0.2, -0.15) is 0 Å². The highest BCUT2D eigenvalue weighted by Gasteiger charge is 2.13. The van der Waals surface area contributed by atoms with Crippen molar-refractivity contribution in [1.82, 2.24) is 0 Å². The van der Waals surface area contributed by atoms with E-state index in [0.717, 1.165) is 5.56 Å². The molecule has 0 atom stereocenters. The Labute approximate surface area is 111 Å². The van der Waals surface area contributed by atoms with Crippen LogP contribution in [0.1, 0.15) is 24.8 Å². The average molecular weight is 284 g/mol. The van der Waals surface area contributed by atoms with E-state index in [-0.39, 0.29) is 11.7 Å². The molecule has 5 nitrogen and oxygen atoms in total. The van der Waals surface area contributed by atoms with Gasteiger partial charge in [-0.05, 0) is 30.9 Å². The molecule has 0 aliphatic carbocycles. The first kappa shape index (κ1) is 15.6. The van der Waals surface area contributed by atoms with Crippen LogP contribution in [0.4, 0.5) is 0 Å². The van der Waals surface area contributed by atoms with Crippen LogP contribution in [0.5, 0.6) is 0 Å². The number of hydrogen-bond acceptors (Lipinski definition) is 2. The Hall–Kier alpha value is -1.42. The van der Waals surface area contributed by atoms with E-state index in [0.29, 0.717) is 19.3 Å². The number of carboxylic acid groups (broad SMARTS) is 1. The number of benzene rings is 1. The third kappa shape index (κ3) is 6.91. The molecule has 0 aliphatic rings. The zero-order chi connectivity index (χ0) is 14.3. The number of hydrogen-bond donors (Lipinski definition) is 3. The van der Waals surface area contributed by atoms with E-state index in [9.17, 15) is 9.36 Å². The molecule has 0 heterocycles. The molecule has 104 valence electrons. The lowest BCUT2D eigenvalue weighted by Gasteiger charge is -2.05.